The van der Waals surface area contributed by atoms with Gasteiger partial charge in [-0.25, -0.2) is 9.59 Å². The van der Waals surface area contributed by atoms with Crippen molar-refractivity contribution in [2.45, 2.75) is 164 Å². The monoisotopic (exact) mass is 989 g/mol. The molecule has 2 aromatic heterocycles. The first kappa shape index (κ1) is 59.2. The molecule has 3 atom stereocenters. The van der Waals surface area contributed by atoms with Crippen LogP contribution in [0.3, 0.4) is 0 Å². The van der Waals surface area contributed by atoms with Crippen LogP contribution in [0.5, 0.6) is 23.0 Å². The molecule has 0 aliphatic heterocycles. The summed E-state index contributed by atoms with van der Waals surface area (Å²) in [6.45, 7) is 17.7. The van der Waals surface area contributed by atoms with Crippen LogP contribution in [0.15, 0.2) is 48.5 Å². The number of carbonyl (C=O) groups is 4. The van der Waals surface area contributed by atoms with Crippen LogP contribution in [0.25, 0.3) is 22.5 Å². The van der Waals surface area contributed by atoms with Gasteiger partial charge in [0, 0.05) is 13.1 Å². The molecule has 3 unspecified atom stereocenters. The van der Waals surface area contributed by atoms with E-state index in [0.29, 0.717) is 70.4 Å². The predicted octanol–water partition coefficient (Wildman–Crippen LogP) is 11.2. The average molecular weight is 989 g/mol. The fourth-order valence-electron chi connectivity index (χ4n) is 9.29. The number of methoxy groups -OCH3 is 4. The van der Waals surface area contributed by atoms with E-state index >= 15 is 0 Å². The number of nitrogens with one attached hydrogen (secondary N) is 2. The van der Waals surface area contributed by atoms with Crippen LogP contribution < -0.4 is 29.6 Å². The second-order valence-electron chi connectivity index (χ2n) is 17.8. The molecule has 2 aromatic carbocycles. The normalized spacial score (nSPS) is 14.9. The summed E-state index contributed by atoms with van der Waals surface area (Å²) in [5.74, 6) is 0.0803. The number of aromatic nitrogens is 4. The fourth-order valence-corrected chi connectivity index (χ4v) is 9.29. The molecule has 0 spiro atoms. The van der Waals surface area contributed by atoms with Gasteiger partial charge in [0.15, 0.2) is 11.4 Å². The first-order valence-electron chi connectivity index (χ1n) is 26.0. The SMILES string of the molecule is CC.CC.CCC(C)Cn1nc(C(=O)NC(C(=O)O)C2CCCCC2)cc1-c1c(OC)cccc1OC.CCC(CC)Cn1nc(C(=O)NC(C(=O)O)C2CCCCC2)cc1-c1c(OC)cccc1OC. The highest BCUT2D eigenvalue weighted by atomic mass is 16.5. The molecule has 2 aliphatic rings. The Morgan fingerprint density at radius 2 is 0.915 bits per heavy atom. The maximum absolute atomic E-state index is 13.2. The van der Waals surface area contributed by atoms with Crippen molar-refractivity contribution in [2.75, 3.05) is 28.4 Å². The summed E-state index contributed by atoms with van der Waals surface area (Å²) in [5, 5.41) is 34.3. The van der Waals surface area contributed by atoms with E-state index in [1.807, 2.05) is 68.8 Å². The van der Waals surface area contributed by atoms with Gasteiger partial charge in [-0.1, -0.05) is 125 Å². The Balaban J connectivity index is 0.000000351. The minimum atomic E-state index is -0.999. The molecule has 2 fully saturated rings. The number of hydrogen-bond donors (Lipinski definition) is 4. The van der Waals surface area contributed by atoms with Crippen molar-refractivity contribution in [3.63, 3.8) is 0 Å². The van der Waals surface area contributed by atoms with Gasteiger partial charge >= 0.3 is 11.9 Å². The highest BCUT2D eigenvalue weighted by molar-refractivity contribution is 5.97. The lowest BCUT2D eigenvalue weighted by Crippen LogP contribution is -2.46. The maximum Gasteiger partial charge on any atom is 0.326 e. The van der Waals surface area contributed by atoms with Gasteiger partial charge in [-0.2, -0.15) is 10.2 Å². The molecule has 2 heterocycles. The summed E-state index contributed by atoms with van der Waals surface area (Å²) in [4.78, 5) is 50.3. The maximum atomic E-state index is 13.2. The summed E-state index contributed by atoms with van der Waals surface area (Å²) in [7, 11) is 6.36. The Labute approximate surface area is 422 Å². The predicted molar refractivity (Wildman–Crippen MR) is 279 cm³/mol. The molecule has 4 N–H and O–H groups in total. The number of hydrogen-bond acceptors (Lipinski definition) is 10. The number of nitrogens with zero attached hydrogens (tertiary/aromatic N) is 4. The number of benzene rings is 2. The van der Waals surface area contributed by atoms with Crippen LogP contribution >= 0.6 is 0 Å². The van der Waals surface area contributed by atoms with Crippen molar-refractivity contribution in [3.8, 4) is 45.5 Å². The summed E-state index contributed by atoms with van der Waals surface area (Å²) in [5.41, 5.74) is 3.20. The summed E-state index contributed by atoms with van der Waals surface area (Å²) in [6, 6.07) is 12.6. The number of aliphatic carboxylic acids is 2. The molecule has 16 heteroatoms. The van der Waals surface area contributed by atoms with Crippen LogP contribution in [0.4, 0.5) is 0 Å². The van der Waals surface area contributed by atoms with Crippen LogP contribution in [-0.4, -0.2) is 94.0 Å². The zero-order valence-corrected chi connectivity index (χ0v) is 44.6. The fraction of sp³-hybridized carbons (Fsp3) is 0.600. The molecule has 16 nitrogen and oxygen atoms in total. The van der Waals surface area contributed by atoms with Crippen molar-refractivity contribution >= 4 is 23.8 Å². The Hall–Kier alpha value is -6.06. The van der Waals surface area contributed by atoms with Gasteiger partial charge in [-0.3, -0.25) is 19.0 Å². The standard InChI is InChI=1S/C26H37N3O5.C25H35N3O5.2C2H6/c1-5-17(6-2)16-29-20(23-21(33-3)13-10-14-22(23)34-4)15-19(28-29)25(30)27-24(26(31)32)18-11-8-7-9-12-18;1-5-16(2)15-28-19(22-20(32-3)12-9-13-21(22)33-4)14-18(27-28)24(29)26-23(25(30)31)17-10-7-6-8-11-17;2*1-2/h10,13-15,17-18,24H,5-9,11-12,16H2,1-4H3,(H,27,30)(H,31,32);9,12-14,16-17,23H,5-8,10-11,15H2,1-4H3,(H,26,29)(H,30,31);2*1-2H3. The zero-order valence-electron chi connectivity index (χ0n) is 44.6. The first-order valence-corrected chi connectivity index (χ1v) is 26.0. The summed E-state index contributed by atoms with van der Waals surface area (Å²) < 4.78 is 26.0. The number of amides is 2. The molecule has 2 amide bonds. The molecule has 6 rings (SSSR count). The summed E-state index contributed by atoms with van der Waals surface area (Å²) >= 11 is 0. The van der Waals surface area contributed by atoms with Crippen molar-refractivity contribution < 1.29 is 48.3 Å². The molecular formula is C55H84N6O10. The van der Waals surface area contributed by atoms with Gasteiger partial charge in [0.1, 0.15) is 35.1 Å². The van der Waals surface area contributed by atoms with Crippen LogP contribution in [0.1, 0.15) is 160 Å². The van der Waals surface area contributed by atoms with Crippen molar-refractivity contribution in [3.05, 3.63) is 59.9 Å². The smallest absolute Gasteiger partial charge is 0.326 e. The van der Waals surface area contributed by atoms with Crippen LogP contribution in [0, 0.1) is 23.7 Å². The van der Waals surface area contributed by atoms with Crippen molar-refractivity contribution in [1.82, 2.24) is 30.2 Å². The van der Waals surface area contributed by atoms with Crippen LogP contribution in [0.2, 0.25) is 0 Å². The molecule has 394 valence electrons. The lowest BCUT2D eigenvalue weighted by molar-refractivity contribution is -0.142. The van der Waals surface area contributed by atoms with E-state index in [9.17, 15) is 29.4 Å². The Kier molecular flexibility index (Phi) is 25.6. The molecule has 0 saturated heterocycles. The third-order valence-corrected chi connectivity index (χ3v) is 13.5. The highest BCUT2D eigenvalue weighted by Gasteiger charge is 2.34. The van der Waals surface area contributed by atoms with E-state index in [-0.39, 0.29) is 23.2 Å². The lowest BCUT2D eigenvalue weighted by atomic mass is 9.84. The minimum absolute atomic E-state index is 0.0591. The van der Waals surface area contributed by atoms with Gasteiger partial charge in [0.25, 0.3) is 11.8 Å². The Bertz CT molecular complexity index is 2210. The van der Waals surface area contributed by atoms with Gasteiger partial charge in [-0.05, 0) is 85.8 Å². The van der Waals surface area contributed by atoms with Gasteiger partial charge < -0.3 is 39.8 Å². The lowest BCUT2D eigenvalue weighted by Gasteiger charge is -2.27. The number of carboxylic acid groups (broad SMARTS) is 2. The van der Waals surface area contributed by atoms with Crippen LogP contribution in [-0.2, 0) is 22.7 Å². The second-order valence-corrected chi connectivity index (χ2v) is 17.8. The number of carboxylic acids is 2. The topological polar surface area (TPSA) is 205 Å². The quantitative estimate of drug-likeness (QED) is 0.0615. The average Bonchev–Trinajstić information content (AvgIpc) is 4.03. The largest absolute Gasteiger partial charge is 0.496 e. The molecule has 2 aliphatic carbocycles. The van der Waals surface area contributed by atoms with Crippen molar-refractivity contribution in [2.24, 2.45) is 23.7 Å². The van der Waals surface area contributed by atoms with Gasteiger partial charge in [0.05, 0.1) is 51.0 Å². The van der Waals surface area contributed by atoms with Gasteiger partial charge in [-0.15, -0.1) is 0 Å². The molecule has 4 aromatic rings. The Morgan fingerprint density at radius 3 is 1.21 bits per heavy atom. The highest BCUT2D eigenvalue weighted by Crippen LogP contribution is 2.41. The van der Waals surface area contributed by atoms with E-state index in [0.717, 1.165) is 83.5 Å². The van der Waals surface area contributed by atoms with Crippen molar-refractivity contribution in [1.29, 1.82) is 0 Å². The van der Waals surface area contributed by atoms with E-state index in [2.05, 4.69) is 48.5 Å². The second kappa shape index (κ2) is 30.6. The zero-order chi connectivity index (χ0) is 52.6. The van der Waals surface area contributed by atoms with E-state index < -0.39 is 35.8 Å². The summed E-state index contributed by atoms with van der Waals surface area (Å²) in [6.07, 6.45) is 12.3. The number of rotatable bonds is 21. The molecule has 2 saturated carbocycles. The third-order valence-electron chi connectivity index (χ3n) is 13.5. The molecule has 0 bridgehead atoms. The Morgan fingerprint density at radius 1 is 0.577 bits per heavy atom. The number of carbonyl (C=O) groups excluding carboxylic acids is 2. The number of ether oxygens (including phenoxy) is 4. The molecule has 71 heavy (non-hydrogen) atoms. The van der Waals surface area contributed by atoms with Gasteiger partial charge in [0.2, 0.25) is 0 Å². The first-order chi connectivity index (χ1) is 34.3. The van der Waals surface area contributed by atoms with E-state index in [1.165, 1.54) is 0 Å². The molecular weight excluding hydrogens is 905 g/mol. The minimum Gasteiger partial charge on any atom is -0.496 e. The molecule has 0 radical (unpaired) electrons. The third kappa shape index (κ3) is 16.0. The van der Waals surface area contributed by atoms with E-state index in [1.54, 1.807) is 45.3 Å². The van der Waals surface area contributed by atoms with E-state index in [4.69, 9.17) is 18.9 Å².